The van der Waals surface area contributed by atoms with Gasteiger partial charge in [-0.2, -0.15) is 8.78 Å². The Labute approximate surface area is 312 Å². The van der Waals surface area contributed by atoms with Crippen molar-refractivity contribution in [3.8, 4) is 23.0 Å². The summed E-state index contributed by atoms with van der Waals surface area (Å²) in [7, 11) is 1.68. The fraction of sp³-hybridized carbons (Fsp3) is 0.463. The smallest absolute Gasteiger partial charge is 0.387 e. The van der Waals surface area contributed by atoms with Crippen molar-refractivity contribution in [2.45, 2.75) is 77.7 Å². The standard InChI is InChI=1S/C41H52F2N6O4/c1-4-24-52-39-25-31(10-12-37(39)50-3)29-46-20-14-33(15-21-46)48(35-8-6-18-44-27-35)49(36-9-7-19-45-28-36)34-16-22-47(23-17-34)30-32-11-13-38(53-41(42)43)40(26-32)51-5-2/h6-13,18-19,25-28,33-34,41H,4-5,14-17,20-24,29-30H2,1-3H3. The Morgan fingerprint density at radius 2 is 1.21 bits per heavy atom. The first-order valence-corrected chi connectivity index (χ1v) is 18.8. The molecule has 12 heteroatoms. The summed E-state index contributed by atoms with van der Waals surface area (Å²) in [6.07, 6.45) is 12.4. The summed E-state index contributed by atoms with van der Waals surface area (Å²) in [6, 6.07) is 20.3. The quantitative estimate of drug-likeness (QED) is 0.100. The number of anilines is 2. The lowest BCUT2D eigenvalue weighted by Crippen LogP contribution is -2.59. The zero-order valence-corrected chi connectivity index (χ0v) is 31.1. The zero-order valence-electron chi connectivity index (χ0n) is 31.1. The van der Waals surface area contributed by atoms with Crippen LogP contribution in [0.5, 0.6) is 23.0 Å². The molecule has 0 N–H and O–H groups in total. The number of hydrogen-bond acceptors (Lipinski definition) is 10. The molecule has 2 fully saturated rings. The number of rotatable bonds is 17. The molecule has 6 rings (SSSR count). The number of hydrazine groups is 1. The molecule has 53 heavy (non-hydrogen) atoms. The Morgan fingerprint density at radius 1 is 0.698 bits per heavy atom. The van der Waals surface area contributed by atoms with E-state index in [1.165, 1.54) is 5.56 Å². The Hall–Kier alpha value is -4.68. The highest BCUT2D eigenvalue weighted by Crippen LogP contribution is 2.35. The minimum atomic E-state index is -2.90. The molecule has 0 radical (unpaired) electrons. The number of nitrogens with zero attached hydrogens (tertiary/aromatic N) is 6. The zero-order chi connectivity index (χ0) is 37.0. The maximum Gasteiger partial charge on any atom is 0.387 e. The third-order valence-corrected chi connectivity index (χ3v) is 9.89. The van der Waals surface area contributed by atoms with Crippen LogP contribution in [0.3, 0.4) is 0 Å². The number of pyridine rings is 2. The van der Waals surface area contributed by atoms with E-state index in [2.05, 4.69) is 65.7 Å². The van der Waals surface area contributed by atoms with Crippen molar-refractivity contribution < 1.29 is 27.7 Å². The molecule has 10 nitrogen and oxygen atoms in total. The summed E-state index contributed by atoms with van der Waals surface area (Å²) >= 11 is 0. The first-order valence-electron chi connectivity index (χ1n) is 18.8. The molecule has 284 valence electrons. The lowest BCUT2D eigenvalue weighted by molar-refractivity contribution is -0.0514. The molecule has 2 aromatic carbocycles. The normalized spacial score (nSPS) is 16.0. The fourth-order valence-corrected chi connectivity index (χ4v) is 7.42. The van der Waals surface area contributed by atoms with Crippen LogP contribution < -0.4 is 29.0 Å². The second kappa shape index (κ2) is 18.9. The number of likely N-dealkylation sites (tertiary alicyclic amines) is 2. The number of ether oxygens (including phenoxy) is 4. The number of aromatic nitrogens is 2. The van der Waals surface area contributed by atoms with E-state index in [1.807, 2.05) is 62.0 Å². The van der Waals surface area contributed by atoms with Crippen molar-refractivity contribution in [1.82, 2.24) is 19.8 Å². The first-order chi connectivity index (χ1) is 25.9. The Morgan fingerprint density at radius 3 is 1.64 bits per heavy atom. The molecule has 0 atom stereocenters. The van der Waals surface area contributed by atoms with E-state index in [4.69, 9.17) is 14.2 Å². The van der Waals surface area contributed by atoms with Crippen LogP contribution in [-0.2, 0) is 13.1 Å². The average molecular weight is 731 g/mol. The van der Waals surface area contributed by atoms with Gasteiger partial charge in [-0.25, -0.2) is 0 Å². The van der Waals surface area contributed by atoms with Crippen LogP contribution in [0.15, 0.2) is 85.5 Å². The largest absolute Gasteiger partial charge is 0.493 e. The SMILES string of the molecule is CCCOc1cc(CN2CCC(N(c3cccnc3)N(c3cccnc3)C3CCN(Cc4ccc(OC(F)F)c(OCC)c4)CC3)CC2)ccc1OC. The van der Waals surface area contributed by atoms with Gasteiger partial charge >= 0.3 is 6.61 Å². The van der Waals surface area contributed by atoms with E-state index in [1.54, 1.807) is 13.2 Å². The lowest BCUT2D eigenvalue weighted by atomic mass is 10.00. The maximum absolute atomic E-state index is 13.0. The summed E-state index contributed by atoms with van der Waals surface area (Å²) < 4.78 is 47.8. The Bertz CT molecular complexity index is 1690. The van der Waals surface area contributed by atoms with Crippen molar-refractivity contribution in [3.05, 3.63) is 96.6 Å². The van der Waals surface area contributed by atoms with Gasteiger partial charge in [0.05, 0.1) is 56.2 Å². The van der Waals surface area contributed by atoms with Crippen molar-refractivity contribution in [3.63, 3.8) is 0 Å². The molecular weight excluding hydrogens is 678 g/mol. The van der Waals surface area contributed by atoms with Gasteiger partial charge in [0, 0.05) is 51.7 Å². The highest BCUT2D eigenvalue weighted by Gasteiger charge is 2.35. The van der Waals surface area contributed by atoms with E-state index >= 15 is 0 Å². The molecule has 4 heterocycles. The highest BCUT2D eigenvalue weighted by atomic mass is 19.3. The number of benzene rings is 2. The third kappa shape index (κ3) is 10.1. The number of halogens is 2. The second-order valence-electron chi connectivity index (χ2n) is 13.6. The molecule has 0 saturated carbocycles. The molecule has 0 spiro atoms. The minimum Gasteiger partial charge on any atom is -0.493 e. The number of methoxy groups -OCH3 is 1. The fourth-order valence-electron chi connectivity index (χ4n) is 7.42. The van der Waals surface area contributed by atoms with Gasteiger partial charge in [0.15, 0.2) is 23.0 Å². The van der Waals surface area contributed by atoms with Gasteiger partial charge in [0.1, 0.15) is 0 Å². The summed E-state index contributed by atoms with van der Waals surface area (Å²) in [5.74, 6) is 1.97. The van der Waals surface area contributed by atoms with Crippen LogP contribution in [0, 0.1) is 0 Å². The third-order valence-electron chi connectivity index (χ3n) is 9.89. The number of piperidine rings is 2. The van der Waals surface area contributed by atoms with Crippen molar-refractivity contribution in [2.24, 2.45) is 0 Å². The Kier molecular flexibility index (Phi) is 13.6. The number of hydrogen-bond donors (Lipinski definition) is 0. The van der Waals surface area contributed by atoms with Crippen LogP contribution in [-0.4, -0.2) is 85.0 Å². The average Bonchev–Trinajstić information content (AvgIpc) is 3.18. The van der Waals surface area contributed by atoms with Gasteiger partial charge in [-0.15, -0.1) is 0 Å². The van der Waals surface area contributed by atoms with E-state index in [-0.39, 0.29) is 17.8 Å². The maximum atomic E-state index is 13.0. The second-order valence-corrected chi connectivity index (χ2v) is 13.6. The molecule has 0 aliphatic carbocycles. The van der Waals surface area contributed by atoms with Gasteiger partial charge in [-0.3, -0.25) is 29.8 Å². The molecular formula is C41H52F2N6O4. The number of alkyl halides is 2. The predicted octanol–water partition coefficient (Wildman–Crippen LogP) is 7.83. The van der Waals surface area contributed by atoms with Crippen LogP contribution in [0.1, 0.15) is 57.1 Å². The Balaban J connectivity index is 1.17. The molecule has 0 unspecified atom stereocenters. The van der Waals surface area contributed by atoms with Crippen LogP contribution in [0.4, 0.5) is 20.2 Å². The van der Waals surface area contributed by atoms with E-state index in [0.29, 0.717) is 25.5 Å². The summed E-state index contributed by atoms with van der Waals surface area (Å²) in [5.41, 5.74) is 4.35. The molecule has 2 saturated heterocycles. The van der Waals surface area contributed by atoms with Crippen LogP contribution >= 0.6 is 0 Å². The lowest BCUT2D eigenvalue weighted by Gasteiger charge is -2.50. The summed E-state index contributed by atoms with van der Waals surface area (Å²) in [6.45, 7) is 7.29. The topological polar surface area (TPSA) is 75.7 Å². The van der Waals surface area contributed by atoms with Crippen molar-refractivity contribution in [2.75, 3.05) is 56.5 Å². The van der Waals surface area contributed by atoms with E-state index < -0.39 is 6.61 Å². The summed E-state index contributed by atoms with van der Waals surface area (Å²) in [5, 5.41) is 4.97. The molecule has 0 bridgehead atoms. The summed E-state index contributed by atoms with van der Waals surface area (Å²) in [4.78, 5) is 14.0. The highest BCUT2D eigenvalue weighted by molar-refractivity contribution is 5.58. The van der Waals surface area contributed by atoms with Crippen molar-refractivity contribution >= 4 is 11.4 Å². The van der Waals surface area contributed by atoms with Gasteiger partial charge < -0.3 is 18.9 Å². The van der Waals surface area contributed by atoms with Crippen LogP contribution in [0.25, 0.3) is 0 Å². The van der Waals surface area contributed by atoms with Crippen LogP contribution in [0.2, 0.25) is 0 Å². The predicted molar refractivity (Wildman–Crippen MR) is 203 cm³/mol. The van der Waals surface area contributed by atoms with Gasteiger partial charge in [0.2, 0.25) is 0 Å². The van der Waals surface area contributed by atoms with E-state index in [9.17, 15) is 8.78 Å². The van der Waals surface area contributed by atoms with Gasteiger partial charge in [-0.05, 0) is 98.7 Å². The molecule has 2 aliphatic heterocycles. The molecule has 2 aliphatic rings. The van der Waals surface area contributed by atoms with Crippen molar-refractivity contribution in [1.29, 1.82) is 0 Å². The molecule has 0 amide bonds. The monoisotopic (exact) mass is 730 g/mol. The molecule has 2 aromatic heterocycles. The van der Waals surface area contributed by atoms with Gasteiger partial charge in [-0.1, -0.05) is 19.1 Å². The van der Waals surface area contributed by atoms with E-state index in [0.717, 1.165) is 93.3 Å². The minimum absolute atomic E-state index is 0.0598. The molecule has 4 aromatic rings. The first kappa shape index (κ1) is 38.1. The van der Waals surface area contributed by atoms with Gasteiger partial charge in [0.25, 0.3) is 0 Å².